The van der Waals surface area contributed by atoms with E-state index in [4.69, 9.17) is 0 Å². The maximum absolute atomic E-state index is 12.6. The van der Waals surface area contributed by atoms with Gasteiger partial charge in [-0.2, -0.15) is 15.4 Å². The number of amides is 2. The molecule has 0 N–H and O–H groups in total. The zero-order valence-electron chi connectivity index (χ0n) is 17.3. The second-order valence-electron chi connectivity index (χ2n) is 7.88. The third kappa shape index (κ3) is 2.94. The zero-order valence-corrected chi connectivity index (χ0v) is 18.1. The molecule has 2 amide bonds. The Morgan fingerprint density at radius 1 is 1.10 bits per heavy atom. The number of imide groups is 1. The highest BCUT2D eigenvalue weighted by atomic mass is 32.1. The molecule has 3 aromatic rings. The number of rotatable bonds is 3. The van der Waals surface area contributed by atoms with E-state index in [1.165, 1.54) is 16.9 Å². The Morgan fingerprint density at radius 3 is 2.45 bits per heavy atom. The number of thiophene rings is 1. The fourth-order valence-corrected chi connectivity index (χ4v) is 5.91. The summed E-state index contributed by atoms with van der Waals surface area (Å²) in [6.07, 6.45) is 5.84. The molecule has 1 aliphatic carbocycles. The Hall–Kier alpha value is -3.50. The molecular weight excluding hydrogens is 408 g/mol. The molecule has 1 aromatic carbocycles. The summed E-state index contributed by atoms with van der Waals surface area (Å²) in [4.78, 5) is 26.4. The highest BCUT2D eigenvalue weighted by molar-refractivity contribution is 7.15. The van der Waals surface area contributed by atoms with Crippen molar-refractivity contribution in [3.05, 3.63) is 74.4 Å². The third-order valence-electron chi connectivity index (χ3n) is 6.02. The first-order valence-corrected chi connectivity index (χ1v) is 11.1. The van der Waals surface area contributed by atoms with Crippen LogP contribution in [0, 0.1) is 25.2 Å². The van der Waals surface area contributed by atoms with Crippen LogP contribution in [0.25, 0.3) is 5.00 Å². The molecule has 2 aromatic heterocycles. The molecule has 0 atom stereocenters. The number of benzene rings is 1. The van der Waals surface area contributed by atoms with Crippen molar-refractivity contribution in [2.75, 3.05) is 0 Å². The molecule has 0 fully saturated rings. The smallest absolute Gasteiger partial charge is 0.282 e. The predicted octanol–water partition coefficient (Wildman–Crippen LogP) is 4.54. The molecular formula is C24H20N4O2S. The van der Waals surface area contributed by atoms with Gasteiger partial charge in [-0.05, 0) is 63.3 Å². The summed E-state index contributed by atoms with van der Waals surface area (Å²) in [5.41, 5.74) is 5.43. The SMILES string of the molecule is Cc1cc(/C=N/N2C(=O)c3ccccc3C2=O)c(C)n1-c1sc2c(c1C#N)CCCC2. The number of carbonyl (C=O) groups excluding carboxylic acids is 2. The Kier molecular flexibility index (Phi) is 4.60. The van der Waals surface area contributed by atoms with E-state index < -0.39 is 11.8 Å². The van der Waals surface area contributed by atoms with Crippen molar-refractivity contribution in [3.63, 3.8) is 0 Å². The van der Waals surface area contributed by atoms with Gasteiger partial charge in [-0.1, -0.05) is 12.1 Å². The molecule has 1 aliphatic heterocycles. The van der Waals surface area contributed by atoms with Gasteiger partial charge in [0.25, 0.3) is 11.8 Å². The summed E-state index contributed by atoms with van der Waals surface area (Å²) in [5.74, 6) is -0.827. The maximum atomic E-state index is 12.6. The number of hydrazone groups is 1. The van der Waals surface area contributed by atoms with Gasteiger partial charge in [-0.15, -0.1) is 11.3 Å². The molecule has 7 heteroatoms. The van der Waals surface area contributed by atoms with E-state index >= 15 is 0 Å². The second kappa shape index (κ2) is 7.33. The minimum absolute atomic E-state index is 0.373. The zero-order chi connectivity index (χ0) is 21.7. The Labute approximate surface area is 184 Å². The van der Waals surface area contributed by atoms with Crippen LogP contribution in [0.2, 0.25) is 0 Å². The maximum Gasteiger partial charge on any atom is 0.282 e. The Bertz CT molecular complexity index is 1290. The van der Waals surface area contributed by atoms with Crippen LogP contribution >= 0.6 is 11.3 Å². The van der Waals surface area contributed by atoms with Gasteiger partial charge in [0.15, 0.2) is 0 Å². The van der Waals surface area contributed by atoms with E-state index in [-0.39, 0.29) is 0 Å². The number of hydrogen-bond acceptors (Lipinski definition) is 5. The number of hydrogen-bond donors (Lipinski definition) is 0. The molecule has 0 radical (unpaired) electrons. The van der Waals surface area contributed by atoms with E-state index in [9.17, 15) is 14.9 Å². The Balaban J connectivity index is 1.51. The molecule has 154 valence electrons. The molecule has 6 nitrogen and oxygen atoms in total. The topological polar surface area (TPSA) is 78.5 Å². The fourth-order valence-electron chi connectivity index (χ4n) is 4.46. The molecule has 0 bridgehead atoms. The van der Waals surface area contributed by atoms with Gasteiger partial charge in [-0.25, -0.2) is 0 Å². The summed E-state index contributed by atoms with van der Waals surface area (Å²) < 4.78 is 2.09. The Morgan fingerprint density at radius 2 is 1.77 bits per heavy atom. The van der Waals surface area contributed by atoms with Crippen molar-refractivity contribution in [1.82, 2.24) is 9.58 Å². The lowest BCUT2D eigenvalue weighted by atomic mass is 9.96. The molecule has 2 aliphatic rings. The van der Waals surface area contributed by atoms with Gasteiger partial charge < -0.3 is 4.57 Å². The van der Waals surface area contributed by atoms with E-state index in [2.05, 4.69) is 15.7 Å². The predicted molar refractivity (Wildman–Crippen MR) is 119 cm³/mol. The van der Waals surface area contributed by atoms with Gasteiger partial charge in [0, 0.05) is 21.8 Å². The van der Waals surface area contributed by atoms with E-state index in [0.717, 1.165) is 51.8 Å². The van der Waals surface area contributed by atoms with E-state index in [0.29, 0.717) is 11.1 Å². The molecule has 0 unspecified atom stereocenters. The van der Waals surface area contributed by atoms with Crippen molar-refractivity contribution < 1.29 is 9.59 Å². The minimum atomic E-state index is -0.414. The van der Waals surface area contributed by atoms with E-state index in [1.54, 1.807) is 41.8 Å². The number of nitrogens with zero attached hydrogens (tertiary/aromatic N) is 4. The summed E-state index contributed by atoms with van der Waals surface area (Å²) in [6, 6.07) is 11.1. The highest BCUT2D eigenvalue weighted by Gasteiger charge is 2.35. The van der Waals surface area contributed by atoms with E-state index in [1.807, 2.05) is 19.9 Å². The van der Waals surface area contributed by atoms with Crippen LogP contribution in [0.4, 0.5) is 0 Å². The van der Waals surface area contributed by atoms with Crippen LogP contribution in [-0.4, -0.2) is 27.6 Å². The van der Waals surface area contributed by atoms with Crippen molar-refractivity contribution in [1.29, 1.82) is 5.26 Å². The van der Waals surface area contributed by atoms with Crippen LogP contribution in [0.5, 0.6) is 0 Å². The summed E-state index contributed by atoms with van der Waals surface area (Å²) >= 11 is 1.69. The van der Waals surface area contributed by atoms with Crippen LogP contribution in [-0.2, 0) is 12.8 Å². The largest absolute Gasteiger partial charge is 0.308 e. The van der Waals surface area contributed by atoms with Gasteiger partial charge in [0.05, 0.1) is 22.9 Å². The lowest BCUT2D eigenvalue weighted by molar-refractivity contribution is 0.0660. The van der Waals surface area contributed by atoms with Crippen LogP contribution < -0.4 is 0 Å². The first-order chi connectivity index (χ1) is 15.0. The number of fused-ring (bicyclic) bond motifs is 2. The van der Waals surface area contributed by atoms with Crippen LogP contribution in [0.1, 0.15) is 66.5 Å². The minimum Gasteiger partial charge on any atom is -0.308 e. The highest BCUT2D eigenvalue weighted by Crippen LogP contribution is 2.38. The third-order valence-corrected chi connectivity index (χ3v) is 7.30. The van der Waals surface area contributed by atoms with Crippen LogP contribution in [0.15, 0.2) is 35.4 Å². The molecule has 5 rings (SSSR count). The lowest BCUT2D eigenvalue weighted by Crippen LogP contribution is -2.24. The van der Waals surface area contributed by atoms with Gasteiger partial charge >= 0.3 is 0 Å². The summed E-state index contributed by atoms with van der Waals surface area (Å²) in [5, 5.41) is 15.9. The molecule has 31 heavy (non-hydrogen) atoms. The van der Waals surface area contributed by atoms with Crippen LogP contribution in [0.3, 0.4) is 0 Å². The average Bonchev–Trinajstić information content (AvgIpc) is 3.36. The summed E-state index contributed by atoms with van der Waals surface area (Å²) in [7, 11) is 0. The monoisotopic (exact) mass is 428 g/mol. The fraction of sp³-hybridized carbons (Fsp3) is 0.250. The van der Waals surface area contributed by atoms with Gasteiger partial charge in [0.2, 0.25) is 0 Å². The average molecular weight is 429 g/mol. The van der Waals surface area contributed by atoms with Gasteiger partial charge in [-0.3, -0.25) is 9.59 Å². The number of aryl methyl sites for hydroxylation is 2. The van der Waals surface area contributed by atoms with Crippen molar-refractivity contribution >= 4 is 29.4 Å². The molecule has 0 saturated heterocycles. The first kappa shape index (κ1) is 19.5. The lowest BCUT2D eigenvalue weighted by Gasteiger charge is -2.10. The second-order valence-corrected chi connectivity index (χ2v) is 8.96. The normalized spacial score (nSPS) is 15.5. The number of nitriles is 1. The number of carbonyl (C=O) groups is 2. The molecule has 3 heterocycles. The number of aromatic nitrogens is 1. The summed E-state index contributed by atoms with van der Waals surface area (Å²) in [6.45, 7) is 3.96. The first-order valence-electron chi connectivity index (χ1n) is 10.3. The van der Waals surface area contributed by atoms with Gasteiger partial charge in [0.1, 0.15) is 11.1 Å². The van der Waals surface area contributed by atoms with Crippen molar-refractivity contribution in [3.8, 4) is 11.1 Å². The molecule has 0 saturated carbocycles. The quantitative estimate of drug-likeness (QED) is 0.454. The standard InChI is InChI=1S/C24H20N4O2S/c1-14-11-16(13-26-28-22(29)18-8-3-4-9-19(18)23(28)30)15(2)27(14)24-20(12-25)17-7-5-6-10-21(17)31-24/h3-4,8-9,11,13H,5-7,10H2,1-2H3/b26-13+. The van der Waals surface area contributed by atoms with Crippen molar-refractivity contribution in [2.45, 2.75) is 39.5 Å². The molecule has 0 spiro atoms. The van der Waals surface area contributed by atoms with Crippen molar-refractivity contribution in [2.24, 2.45) is 5.10 Å².